The van der Waals surface area contributed by atoms with Crippen LogP contribution in [0.25, 0.3) is 5.65 Å². The molecule has 0 aliphatic heterocycles. The Kier molecular flexibility index (Phi) is 2.81. The Labute approximate surface area is 97.2 Å². The first-order valence-corrected chi connectivity index (χ1v) is 6.70. The number of hydrogen-bond donors (Lipinski definition) is 0. The highest BCUT2D eigenvalue weighted by molar-refractivity contribution is 7.91. The molecule has 0 unspecified atom stereocenters. The summed E-state index contributed by atoms with van der Waals surface area (Å²) >= 11 is 5.44. The van der Waals surface area contributed by atoms with Crippen molar-refractivity contribution < 1.29 is 8.42 Å². The normalized spacial score (nSPS) is 12.1. The molecule has 0 aliphatic carbocycles. The second-order valence-corrected chi connectivity index (χ2v) is 5.58. The van der Waals surface area contributed by atoms with Gasteiger partial charge >= 0.3 is 0 Å². The van der Waals surface area contributed by atoms with Gasteiger partial charge in [0.25, 0.3) is 0 Å². The molecule has 0 bridgehead atoms. The third-order valence-electron chi connectivity index (χ3n) is 2.11. The van der Waals surface area contributed by atoms with Gasteiger partial charge in [0.15, 0.2) is 5.65 Å². The van der Waals surface area contributed by atoms with Crippen molar-refractivity contribution in [3.63, 3.8) is 0 Å². The largest absolute Gasteiger partial charge is 0.283 e. The lowest BCUT2D eigenvalue weighted by Crippen LogP contribution is -2.11. The highest BCUT2D eigenvalue weighted by Crippen LogP contribution is 2.14. The molecule has 0 aromatic carbocycles. The number of aromatic nitrogens is 4. The standard InChI is InChI=1S/C8H9ClN4O2S/c1-6-11-12-7-8(10-3-4-13(6)7)16(14,15)5-2-9/h3-4H,2,5H2,1H3. The highest BCUT2D eigenvalue weighted by atomic mass is 35.5. The van der Waals surface area contributed by atoms with Crippen molar-refractivity contribution >= 4 is 27.1 Å². The number of aryl methyl sites for hydroxylation is 1. The zero-order valence-corrected chi connectivity index (χ0v) is 10.0. The number of halogens is 1. The van der Waals surface area contributed by atoms with Crippen LogP contribution in [0.3, 0.4) is 0 Å². The van der Waals surface area contributed by atoms with Crippen LogP contribution < -0.4 is 0 Å². The maximum absolute atomic E-state index is 11.8. The van der Waals surface area contributed by atoms with E-state index in [1.165, 1.54) is 6.20 Å². The Morgan fingerprint density at radius 1 is 1.44 bits per heavy atom. The van der Waals surface area contributed by atoms with Crippen LogP contribution in [0.5, 0.6) is 0 Å². The number of rotatable bonds is 3. The fraction of sp³-hybridized carbons (Fsp3) is 0.375. The summed E-state index contributed by atoms with van der Waals surface area (Å²) in [6.07, 6.45) is 3.02. The van der Waals surface area contributed by atoms with Crippen LogP contribution in [-0.4, -0.2) is 39.6 Å². The van der Waals surface area contributed by atoms with Crippen molar-refractivity contribution in [2.24, 2.45) is 0 Å². The second kappa shape index (κ2) is 3.99. The van der Waals surface area contributed by atoms with Gasteiger partial charge in [-0.15, -0.1) is 21.8 Å². The van der Waals surface area contributed by atoms with E-state index in [4.69, 9.17) is 11.6 Å². The lowest BCUT2D eigenvalue weighted by atomic mass is 10.6. The topological polar surface area (TPSA) is 77.2 Å². The molecule has 0 atom stereocenters. The highest BCUT2D eigenvalue weighted by Gasteiger charge is 2.21. The minimum absolute atomic E-state index is 0.0260. The molecule has 0 amide bonds. The molecule has 2 rings (SSSR count). The summed E-state index contributed by atoms with van der Waals surface area (Å²) in [5.41, 5.74) is 0.241. The smallest absolute Gasteiger partial charge is 0.200 e. The van der Waals surface area contributed by atoms with Crippen LogP contribution in [0.2, 0.25) is 0 Å². The molecule has 0 radical (unpaired) electrons. The SMILES string of the molecule is Cc1nnc2c(S(=O)(=O)CCCl)nccn12. The second-order valence-electron chi connectivity index (χ2n) is 3.18. The fourth-order valence-electron chi connectivity index (χ4n) is 1.34. The maximum Gasteiger partial charge on any atom is 0.200 e. The number of hydrogen-bond acceptors (Lipinski definition) is 5. The van der Waals surface area contributed by atoms with Crippen molar-refractivity contribution in [1.29, 1.82) is 0 Å². The predicted octanol–water partition coefficient (Wildman–Crippen LogP) is 0.445. The number of nitrogens with zero attached hydrogens (tertiary/aromatic N) is 4. The molecule has 16 heavy (non-hydrogen) atoms. The van der Waals surface area contributed by atoms with E-state index in [-0.39, 0.29) is 22.3 Å². The van der Waals surface area contributed by atoms with E-state index in [1.54, 1.807) is 17.5 Å². The molecule has 6 nitrogen and oxygen atoms in total. The van der Waals surface area contributed by atoms with Gasteiger partial charge in [-0.05, 0) is 6.92 Å². The van der Waals surface area contributed by atoms with Crippen LogP contribution in [0, 0.1) is 6.92 Å². The van der Waals surface area contributed by atoms with Crippen LogP contribution in [0.4, 0.5) is 0 Å². The van der Waals surface area contributed by atoms with Crippen LogP contribution in [0.1, 0.15) is 5.82 Å². The fourth-order valence-corrected chi connectivity index (χ4v) is 2.98. The van der Waals surface area contributed by atoms with E-state index in [2.05, 4.69) is 15.2 Å². The molecule has 86 valence electrons. The lowest BCUT2D eigenvalue weighted by Gasteiger charge is -2.02. The summed E-state index contributed by atoms with van der Waals surface area (Å²) in [4.78, 5) is 3.84. The van der Waals surface area contributed by atoms with Gasteiger partial charge in [0, 0.05) is 18.3 Å². The Morgan fingerprint density at radius 2 is 2.19 bits per heavy atom. The van der Waals surface area contributed by atoms with Gasteiger partial charge < -0.3 is 0 Å². The number of alkyl halides is 1. The van der Waals surface area contributed by atoms with Gasteiger partial charge in [-0.25, -0.2) is 13.4 Å². The quantitative estimate of drug-likeness (QED) is 0.749. The van der Waals surface area contributed by atoms with Gasteiger partial charge in [0.1, 0.15) is 5.82 Å². The van der Waals surface area contributed by atoms with Crippen LogP contribution in [0.15, 0.2) is 17.4 Å². The molecule has 0 aliphatic rings. The summed E-state index contributed by atoms with van der Waals surface area (Å²) < 4.78 is 25.2. The third kappa shape index (κ3) is 1.76. The van der Waals surface area contributed by atoms with Gasteiger partial charge in [-0.3, -0.25) is 4.40 Å². The van der Waals surface area contributed by atoms with Gasteiger partial charge in [-0.2, -0.15) is 0 Å². The van der Waals surface area contributed by atoms with Crippen molar-refractivity contribution in [3.05, 3.63) is 18.2 Å². The summed E-state index contributed by atoms with van der Waals surface area (Å²) in [7, 11) is -3.49. The summed E-state index contributed by atoms with van der Waals surface area (Å²) in [5, 5.41) is 7.53. The van der Waals surface area contributed by atoms with Crippen molar-refractivity contribution in [3.8, 4) is 0 Å². The van der Waals surface area contributed by atoms with Crippen LogP contribution >= 0.6 is 11.6 Å². The molecule has 8 heteroatoms. The zero-order valence-electron chi connectivity index (χ0n) is 8.46. The number of fused-ring (bicyclic) bond motifs is 1. The Hall–Kier alpha value is -1.21. The van der Waals surface area contributed by atoms with Crippen molar-refractivity contribution in [2.75, 3.05) is 11.6 Å². The van der Waals surface area contributed by atoms with E-state index < -0.39 is 9.84 Å². The van der Waals surface area contributed by atoms with Crippen molar-refractivity contribution in [2.45, 2.75) is 11.9 Å². The maximum atomic E-state index is 11.8. The van der Waals surface area contributed by atoms with Crippen LogP contribution in [-0.2, 0) is 9.84 Å². The average Bonchev–Trinajstić information content (AvgIpc) is 2.60. The molecule has 0 saturated heterocycles. The Balaban J connectivity index is 2.70. The molecule has 0 saturated carbocycles. The van der Waals surface area contributed by atoms with E-state index in [0.29, 0.717) is 5.82 Å². The van der Waals surface area contributed by atoms with E-state index in [1.807, 2.05) is 0 Å². The van der Waals surface area contributed by atoms with Gasteiger partial charge in [0.05, 0.1) is 5.75 Å². The van der Waals surface area contributed by atoms with Gasteiger partial charge in [0.2, 0.25) is 14.9 Å². The monoisotopic (exact) mass is 260 g/mol. The molecule has 0 fully saturated rings. The summed E-state index contributed by atoms with van der Waals surface area (Å²) in [6, 6.07) is 0. The lowest BCUT2D eigenvalue weighted by molar-refractivity contribution is 0.594. The minimum atomic E-state index is -3.49. The van der Waals surface area contributed by atoms with Crippen molar-refractivity contribution in [1.82, 2.24) is 19.6 Å². The van der Waals surface area contributed by atoms with Gasteiger partial charge in [-0.1, -0.05) is 0 Å². The molecular formula is C8H9ClN4O2S. The molecule has 0 spiro atoms. The minimum Gasteiger partial charge on any atom is -0.283 e. The molecule has 2 aromatic heterocycles. The van der Waals surface area contributed by atoms with E-state index in [0.717, 1.165) is 0 Å². The molecular weight excluding hydrogens is 252 g/mol. The average molecular weight is 261 g/mol. The number of sulfone groups is 1. The summed E-state index contributed by atoms with van der Waals surface area (Å²) in [6.45, 7) is 1.73. The Morgan fingerprint density at radius 3 is 2.88 bits per heavy atom. The first-order chi connectivity index (χ1) is 7.56. The molecule has 2 heterocycles. The molecule has 2 aromatic rings. The Bertz CT molecular complexity index is 622. The first-order valence-electron chi connectivity index (χ1n) is 4.51. The summed E-state index contributed by atoms with van der Waals surface area (Å²) in [5.74, 6) is 0.477. The predicted molar refractivity (Wildman–Crippen MR) is 58.3 cm³/mol. The first kappa shape index (κ1) is 11.3. The zero-order chi connectivity index (χ0) is 11.8. The van der Waals surface area contributed by atoms with E-state index in [9.17, 15) is 8.42 Å². The molecule has 0 N–H and O–H groups in total. The van der Waals surface area contributed by atoms with E-state index >= 15 is 0 Å². The third-order valence-corrected chi connectivity index (χ3v) is 4.14.